The van der Waals surface area contributed by atoms with Crippen LogP contribution in [0.15, 0.2) is 4.99 Å². The molecule has 0 saturated heterocycles. The number of rotatable bonds is 7. The summed E-state index contributed by atoms with van der Waals surface area (Å²) < 4.78 is 0. The molecule has 0 fully saturated rings. The summed E-state index contributed by atoms with van der Waals surface area (Å²) >= 11 is 0. The van der Waals surface area contributed by atoms with Gasteiger partial charge in [-0.1, -0.05) is 0 Å². The van der Waals surface area contributed by atoms with Gasteiger partial charge in [0.25, 0.3) is 0 Å². The Labute approximate surface area is 78.6 Å². The molecule has 0 aliphatic heterocycles. The molecule has 0 aromatic heterocycles. The first-order valence-corrected chi connectivity index (χ1v) is 4.38. The highest BCUT2D eigenvalue weighted by molar-refractivity contribution is 5.91. The van der Waals surface area contributed by atoms with Crippen molar-refractivity contribution in [2.75, 3.05) is 26.2 Å². The smallest absolute Gasteiger partial charge is 0.225 e. The van der Waals surface area contributed by atoms with Gasteiger partial charge in [0.05, 0.1) is 12.5 Å². The van der Waals surface area contributed by atoms with E-state index in [9.17, 15) is 4.79 Å². The van der Waals surface area contributed by atoms with Crippen molar-refractivity contribution in [2.45, 2.75) is 6.92 Å². The molecule has 1 atom stereocenters. The number of nitrogens with one attached hydrogen (secondary N) is 1. The summed E-state index contributed by atoms with van der Waals surface area (Å²) in [6.07, 6.45) is 1.58. The minimum Gasteiger partial charge on any atom is -0.369 e. The molecule has 13 heavy (non-hydrogen) atoms. The van der Waals surface area contributed by atoms with E-state index >= 15 is 0 Å². The zero-order chi connectivity index (χ0) is 10.1. The summed E-state index contributed by atoms with van der Waals surface area (Å²) in [5.74, 6) is -0.631. The maximum absolute atomic E-state index is 10.6. The molecule has 0 aliphatic rings. The largest absolute Gasteiger partial charge is 0.369 e. The third kappa shape index (κ3) is 7.42. The van der Waals surface area contributed by atoms with Crippen LogP contribution in [0.4, 0.5) is 0 Å². The summed E-state index contributed by atoms with van der Waals surface area (Å²) in [4.78, 5) is 14.6. The number of nitrogens with two attached hydrogens (primary N) is 2. The lowest BCUT2D eigenvalue weighted by Crippen LogP contribution is -2.25. The summed E-state index contributed by atoms with van der Waals surface area (Å²) in [6.45, 7) is 4.57. The zero-order valence-electron chi connectivity index (χ0n) is 7.99. The Morgan fingerprint density at radius 2 is 2.31 bits per heavy atom. The van der Waals surface area contributed by atoms with E-state index in [4.69, 9.17) is 11.5 Å². The third-order valence-electron chi connectivity index (χ3n) is 1.52. The van der Waals surface area contributed by atoms with E-state index in [1.807, 2.05) is 0 Å². The molecule has 0 spiro atoms. The van der Waals surface area contributed by atoms with Gasteiger partial charge >= 0.3 is 0 Å². The first-order chi connectivity index (χ1) is 6.18. The standard InChI is InChI=1S/C8H18N4O/c1-7(8(10)13)6-12-5-4-11-3-2-9/h6-7,11H,2-5,9H2,1H3,(H2,10,13). The molecular formula is C8H18N4O. The molecule has 0 rings (SSSR count). The third-order valence-corrected chi connectivity index (χ3v) is 1.52. The normalized spacial score (nSPS) is 13.4. The number of nitrogens with zero attached hydrogens (tertiary/aromatic N) is 1. The van der Waals surface area contributed by atoms with Crippen LogP contribution in [-0.2, 0) is 4.79 Å². The topological polar surface area (TPSA) is 93.5 Å². The highest BCUT2D eigenvalue weighted by atomic mass is 16.1. The summed E-state index contributed by atoms with van der Waals surface area (Å²) in [5, 5.41) is 3.08. The Morgan fingerprint density at radius 3 is 2.85 bits per heavy atom. The fraction of sp³-hybridized carbons (Fsp3) is 0.750. The Balaban J connectivity index is 3.35. The number of hydrogen-bond acceptors (Lipinski definition) is 4. The van der Waals surface area contributed by atoms with Crippen molar-refractivity contribution in [1.29, 1.82) is 0 Å². The lowest BCUT2D eigenvalue weighted by molar-refractivity contribution is -0.119. The molecule has 0 bridgehead atoms. The predicted octanol–water partition coefficient (Wildman–Crippen LogP) is -1.27. The highest BCUT2D eigenvalue weighted by Crippen LogP contribution is 1.86. The van der Waals surface area contributed by atoms with E-state index in [0.29, 0.717) is 13.1 Å². The number of carbonyl (C=O) groups is 1. The number of aliphatic imine (C=N–C) groups is 1. The first kappa shape index (κ1) is 12.1. The van der Waals surface area contributed by atoms with Gasteiger partial charge in [-0.2, -0.15) is 0 Å². The Kier molecular flexibility index (Phi) is 7.14. The van der Waals surface area contributed by atoms with Crippen LogP contribution in [-0.4, -0.2) is 38.3 Å². The maximum Gasteiger partial charge on any atom is 0.225 e. The quantitative estimate of drug-likeness (QED) is 0.342. The van der Waals surface area contributed by atoms with Crippen molar-refractivity contribution in [1.82, 2.24) is 5.32 Å². The molecule has 5 N–H and O–H groups in total. The van der Waals surface area contributed by atoms with Crippen LogP contribution in [0.25, 0.3) is 0 Å². The van der Waals surface area contributed by atoms with E-state index in [-0.39, 0.29) is 11.8 Å². The molecule has 5 nitrogen and oxygen atoms in total. The van der Waals surface area contributed by atoms with Gasteiger partial charge < -0.3 is 16.8 Å². The van der Waals surface area contributed by atoms with Crippen LogP contribution in [0.3, 0.4) is 0 Å². The van der Waals surface area contributed by atoms with Crippen molar-refractivity contribution >= 4 is 12.1 Å². The first-order valence-electron chi connectivity index (χ1n) is 4.38. The molecule has 5 heteroatoms. The molecule has 0 heterocycles. The van der Waals surface area contributed by atoms with Crippen molar-refractivity contribution in [3.05, 3.63) is 0 Å². The monoisotopic (exact) mass is 186 g/mol. The molecule has 1 amide bonds. The lowest BCUT2D eigenvalue weighted by Gasteiger charge is -2.00. The van der Waals surface area contributed by atoms with Crippen molar-refractivity contribution < 1.29 is 4.79 Å². The second-order valence-corrected chi connectivity index (χ2v) is 2.78. The van der Waals surface area contributed by atoms with Crippen LogP contribution < -0.4 is 16.8 Å². The van der Waals surface area contributed by atoms with Gasteiger partial charge in [-0.3, -0.25) is 9.79 Å². The number of carbonyl (C=O) groups excluding carboxylic acids is 1. The van der Waals surface area contributed by atoms with E-state index in [1.54, 1.807) is 13.1 Å². The van der Waals surface area contributed by atoms with E-state index in [1.165, 1.54) is 0 Å². The summed E-state index contributed by atoms with van der Waals surface area (Å²) in [7, 11) is 0. The Hall–Kier alpha value is -0.940. The number of primary amides is 1. The van der Waals surface area contributed by atoms with Gasteiger partial charge in [0, 0.05) is 25.8 Å². The lowest BCUT2D eigenvalue weighted by atomic mass is 10.2. The van der Waals surface area contributed by atoms with Crippen LogP contribution in [0.5, 0.6) is 0 Å². The van der Waals surface area contributed by atoms with Gasteiger partial charge in [-0.25, -0.2) is 0 Å². The van der Waals surface area contributed by atoms with E-state index in [0.717, 1.165) is 13.1 Å². The van der Waals surface area contributed by atoms with Gasteiger partial charge in [0.2, 0.25) is 5.91 Å². The van der Waals surface area contributed by atoms with Crippen LogP contribution in [0.2, 0.25) is 0 Å². The van der Waals surface area contributed by atoms with Crippen molar-refractivity contribution in [2.24, 2.45) is 22.4 Å². The average Bonchev–Trinajstić information content (AvgIpc) is 2.10. The van der Waals surface area contributed by atoms with Gasteiger partial charge in [-0.05, 0) is 6.92 Å². The molecule has 76 valence electrons. The number of amides is 1. The van der Waals surface area contributed by atoms with Crippen molar-refractivity contribution in [3.63, 3.8) is 0 Å². The van der Waals surface area contributed by atoms with E-state index < -0.39 is 0 Å². The fourth-order valence-electron chi connectivity index (χ4n) is 0.677. The molecule has 0 aromatic carbocycles. The minimum absolute atomic E-state index is 0.283. The maximum atomic E-state index is 10.6. The predicted molar refractivity (Wildman–Crippen MR) is 53.6 cm³/mol. The second kappa shape index (κ2) is 7.70. The summed E-state index contributed by atoms with van der Waals surface area (Å²) in [6, 6.07) is 0. The van der Waals surface area contributed by atoms with Gasteiger partial charge in [0.1, 0.15) is 0 Å². The second-order valence-electron chi connectivity index (χ2n) is 2.78. The number of hydrogen-bond donors (Lipinski definition) is 3. The minimum atomic E-state index is -0.348. The molecular weight excluding hydrogens is 168 g/mol. The Bertz CT molecular complexity index is 170. The van der Waals surface area contributed by atoms with Crippen LogP contribution >= 0.6 is 0 Å². The average molecular weight is 186 g/mol. The molecule has 0 radical (unpaired) electrons. The fourth-order valence-corrected chi connectivity index (χ4v) is 0.677. The molecule has 0 aromatic rings. The molecule has 0 aliphatic carbocycles. The SMILES string of the molecule is CC(C=NCCNCCN)C(N)=O. The molecule has 0 saturated carbocycles. The van der Waals surface area contributed by atoms with Crippen molar-refractivity contribution in [3.8, 4) is 0 Å². The zero-order valence-corrected chi connectivity index (χ0v) is 7.99. The van der Waals surface area contributed by atoms with Gasteiger partial charge in [0.15, 0.2) is 0 Å². The van der Waals surface area contributed by atoms with Crippen LogP contribution in [0, 0.1) is 5.92 Å². The van der Waals surface area contributed by atoms with Gasteiger partial charge in [-0.15, -0.1) is 0 Å². The highest BCUT2D eigenvalue weighted by Gasteiger charge is 2.02. The van der Waals surface area contributed by atoms with Crippen LogP contribution in [0.1, 0.15) is 6.92 Å². The Morgan fingerprint density at radius 1 is 1.62 bits per heavy atom. The molecule has 1 unspecified atom stereocenters. The summed E-state index contributed by atoms with van der Waals surface area (Å²) in [5.41, 5.74) is 10.3. The van der Waals surface area contributed by atoms with E-state index in [2.05, 4.69) is 10.3 Å².